The van der Waals surface area contributed by atoms with E-state index in [1.54, 1.807) is 55.6 Å². The fourth-order valence-electron chi connectivity index (χ4n) is 1.87. The lowest BCUT2D eigenvalue weighted by Crippen LogP contribution is -2.25. The third-order valence-electron chi connectivity index (χ3n) is 2.87. The van der Waals surface area contributed by atoms with Gasteiger partial charge in [-0.2, -0.15) is 0 Å². The Labute approximate surface area is 120 Å². The van der Waals surface area contributed by atoms with E-state index in [4.69, 9.17) is 10.5 Å². The molecule has 0 aliphatic carbocycles. The number of hydrogen-bond acceptors (Lipinski definition) is 3. The number of methoxy groups -OCH3 is 1. The van der Waals surface area contributed by atoms with Gasteiger partial charge in [0.1, 0.15) is 11.0 Å². The van der Waals surface area contributed by atoms with Crippen molar-refractivity contribution in [2.75, 3.05) is 7.11 Å². The van der Waals surface area contributed by atoms with Crippen LogP contribution in [0.5, 0.6) is 5.75 Å². The predicted molar refractivity (Wildman–Crippen MR) is 77.8 cm³/mol. The van der Waals surface area contributed by atoms with Crippen LogP contribution in [0.3, 0.4) is 0 Å². The first-order chi connectivity index (χ1) is 9.63. The standard InChI is InChI=1S/C15H15NO3S/c1-19-12-7-9-13(10-8-12)20(18)14(15(16)17)11-5-3-2-4-6-11/h2-10,14H,1H3,(H2,16,17). The molecule has 0 saturated carbocycles. The Morgan fingerprint density at radius 2 is 1.70 bits per heavy atom. The van der Waals surface area contributed by atoms with Crippen LogP contribution in [0.25, 0.3) is 0 Å². The number of nitrogens with two attached hydrogens (primary N) is 1. The van der Waals surface area contributed by atoms with Crippen LogP contribution in [0, 0.1) is 0 Å². The molecule has 20 heavy (non-hydrogen) atoms. The Balaban J connectivity index is 2.34. The van der Waals surface area contributed by atoms with Gasteiger partial charge in [-0.25, -0.2) is 0 Å². The molecule has 1 amide bonds. The van der Waals surface area contributed by atoms with Gasteiger partial charge >= 0.3 is 0 Å². The number of hydrogen-bond donors (Lipinski definition) is 1. The molecule has 2 atom stereocenters. The maximum atomic E-state index is 12.6. The van der Waals surface area contributed by atoms with Crippen molar-refractivity contribution in [3.05, 3.63) is 60.2 Å². The molecule has 0 aromatic heterocycles. The van der Waals surface area contributed by atoms with E-state index >= 15 is 0 Å². The second kappa shape index (κ2) is 6.34. The van der Waals surface area contributed by atoms with Gasteiger partial charge < -0.3 is 10.5 Å². The summed E-state index contributed by atoms with van der Waals surface area (Å²) >= 11 is 0. The zero-order valence-electron chi connectivity index (χ0n) is 11.0. The average Bonchev–Trinajstić information content (AvgIpc) is 2.48. The van der Waals surface area contributed by atoms with Crippen molar-refractivity contribution >= 4 is 16.7 Å². The van der Waals surface area contributed by atoms with Gasteiger partial charge in [0.25, 0.3) is 0 Å². The van der Waals surface area contributed by atoms with Crippen LogP contribution in [-0.2, 0) is 15.6 Å². The smallest absolute Gasteiger partial charge is 0.238 e. The van der Waals surface area contributed by atoms with Crippen molar-refractivity contribution in [1.82, 2.24) is 0 Å². The molecular formula is C15H15NO3S. The van der Waals surface area contributed by atoms with Gasteiger partial charge in [-0.05, 0) is 29.8 Å². The third-order valence-corrected chi connectivity index (χ3v) is 4.54. The molecule has 5 heteroatoms. The van der Waals surface area contributed by atoms with Crippen LogP contribution in [-0.4, -0.2) is 17.2 Å². The first kappa shape index (κ1) is 14.3. The molecule has 0 radical (unpaired) electrons. The summed E-state index contributed by atoms with van der Waals surface area (Å²) < 4.78 is 17.6. The Hall–Kier alpha value is -2.14. The normalized spacial score (nSPS) is 13.4. The van der Waals surface area contributed by atoms with E-state index in [0.29, 0.717) is 16.2 Å². The topological polar surface area (TPSA) is 69.4 Å². The number of amides is 1. The quantitative estimate of drug-likeness (QED) is 0.915. The third kappa shape index (κ3) is 3.05. The van der Waals surface area contributed by atoms with Crippen LogP contribution in [0.1, 0.15) is 10.8 Å². The molecule has 2 N–H and O–H groups in total. The van der Waals surface area contributed by atoms with Crippen LogP contribution in [0.2, 0.25) is 0 Å². The SMILES string of the molecule is COc1ccc(S(=O)C(C(N)=O)c2ccccc2)cc1. The molecule has 2 aromatic carbocycles. The molecule has 2 unspecified atom stereocenters. The van der Waals surface area contributed by atoms with Gasteiger partial charge in [0.05, 0.1) is 17.9 Å². The lowest BCUT2D eigenvalue weighted by Gasteiger charge is -2.13. The van der Waals surface area contributed by atoms with E-state index in [1.807, 2.05) is 6.07 Å². The molecule has 2 rings (SSSR count). The summed E-state index contributed by atoms with van der Waals surface area (Å²) in [6.07, 6.45) is 0. The van der Waals surface area contributed by atoms with Crippen molar-refractivity contribution in [2.45, 2.75) is 10.1 Å². The molecule has 4 nitrogen and oxygen atoms in total. The van der Waals surface area contributed by atoms with E-state index in [1.165, 1.54) is 0 Å². The Kier molecular flexibility index (Phi) is 4.53. The molecule has 104 valence electrons. The zero-order valence-corrected chi connectivity index (χ0v) is 11.8. The lowest BCUT2D eigenvalue weighted by atomic mass is 10.1. The van der Waals surface area contributed by atoms with Gasteiger partial charge in [-0.15, -0.1) is 0 Å². The highest BCUT2D eigenvalue weighted by Gasteiger charge is 2.25. The summed E-state index contributed by atoms with van der Waals surface area (Å²) in [5.41, 5.74) is 6.05. The number of primary amides is 1. The van der Waals surface area contributed by atoms with Gasteiger partial charge in [0.2, 0.25) is 5.91 Å². The minimum Gasteiger partial charge on any atom is -0.497 e. The van der Waals surface area contributed by atoms with Gasteiger partial charge in [-0.1, -0.05) is 30.3 Å². The number of carbonyl (C=O) groups excluding carboxylic acids is 1. The first-order valence-corrected chi connectivity index (χ1v) is 7.23. The molecule has 0 aliphatic rings. The molecule has 0 aliphatic heterocycles. The maximum Gasteiger partial charge on any atom is 0.238 e. The van der Waals surface area contributed by atoms with E-state index in [2.05, 4.69) is 0 Å². The summed E-state index contributed by atoms with van der Waals surface area (Å²) in [7, 11) is 0.0151. The fraction of sp³-hybridized carbons (Fsp3) is 0.133. The van der Waals surface area contributed by atoms with E-state index in [-0.39, 0.29) is 0 Å². The van der Waals surface area contributed by atoms with Crippen LogP contribution >= 0.6 is 0 Å². The second-order valence-corrected chi connectivity index (χ2v) is 5.70. The lowest BCUT2D eigenvalue weighted by molar-refractivity contribution is -0.117. The van der Waals surface area contributed by atoms with Gasteiger partial charge in [0, 0.05) is 4.90 Å². The summed E-state index contributed by atoms with van der Waals surface area (Å²) in [5, 5.41) is -0.857. The highest BCUT2D eigenvalue weighted by atomic mass is 32.2. The Morgan fingerprint density at radius 1 is 1.10 bits per heavy atom. The summed E-state index contributed by atoms with van der Waals surface area (Å²) in [6.45, 7) is 0. The summed E-state index contributed by atoms with van der Waals surface area (Å²) in [5.74, 6) is 0.0615. The van der Waals surface area contributed by atoms with Crippen molar-refractivity contribution in [3.63, 3.8) is 0 Å². The minimum atomic E-state index is -1.54. The summed E-state index contributed by atoms with van der Waals surface area (Å²) in [4.78, 5) is 12.2. The maximum absolute atomic E-state index is 12.6. The number of benzene rings is 2. The van der Waals surface area contributed by atoms with Gasteiger partial charge in [0.15, 0.2) is 0 Å². The molecule has 0 saturated heterocycles. The Bertz CT molecular complexity index is 611. The van der Waals surface area contributed by atoms with Crippen LogP contribution in [0.4, 0.5) is 0 Å². The number of carbonyl (C=O) groups is 1. The average molecular weight is 289 g/mol. The van der Waals surface area contributed by atoms with Gasteiger partial charge in [-0.3, -0.25) is 9.00 Å². The van der Waals surface area contributed by atoms with Crippen LogP contribution < -0.4 is 10.5 Å². The van der Waals surface area contributed by atoms with E-state index in [9.17, 15) is 9.00 Å². The highest BCUT2D eigenvalue weighted by Crippen LogP contribution is 2.26. The Morgan fingerprint density at radius 3 is 2.20 bits per heavy atom. The molecule has 0 bridgehead atoms. The number of ether oxygens (including phenoxy) is 1. The van der Waals surface area contributed by atoms with Crippen molar-refractivity contribution in [3.8, 4) is 5.75 Å². The zero-order chi connectivity index (χ0) is 14.5. The van der Waals surface area contributed by atoms with Crippen molar-refractivity contribution in [2.24, 2.45) is 5.73 Å². The molecule has 0 fully saturated rings. The second-order valence-electron chi connectivity index (χ2n) is 4.17. The molecule has 0 heterocycles. The first-order valence-electron chi connectivity index (χ1n) is 6.02. The monoisotopic (exact) mass is 289 g/mol. The van der Waals surface area contributed by atoms with Crippen LogP contribution in [0.15, 0.2) is 59.5 Å². The fourth-order valence-corrected chi connectivity index (χ4v) is 3.16. The largest absolute Gasteiger partial charge is 0.497 e. The predicted octanol–water partition coefficient (Wildman–Crippen LogP) is 2.03. The van der Waals surface area contributed by atoms with Crippen molar-refractivity contribution in [1.29, 1.82) is 0 Å². The minimum absolute atomic E-state index is 0.540. The molecule has 0 spiro atoms. The summed E-state index contributed by atoms with van der Waals surface area (Å²) in [6, 6.07) is 15.7. The van der Waals surface area contributed by atoms with E-state index in [0.717, 1.165) is 0 Å². The molecule has 2 aromatic rings. The van der Waals surface area contributed by atoms with Crippen molar-refractivity contribution < 1.29 is 13.7 Å². The number of rotatable bonds is 5. The molecular weight excluding hydrogens is 274 g/mol. The van der Waals surface area contributed by atoms with E-state index < -0.39 is 22.0 Å². The highest BCUT2D eigenvalue weighted by molar-refractivity contribution is 7.86.